The number of Topliss-reactive ketones (excluding diaryl/α,β-unsaturated/α-hetero) is 1. The Labute approximate surface area is 140 Å². The number of carbonyl (C=O) groups is 1. The van der Waals surface area contributed by atoms with Crippen LogP contribution in [-0.2, 0) is 11.2 Å². The summed E-state index contributed by atoms with van der Waals surface area (Å²) in [7, 11) is 1.74. The minimum absolute atomic E-state index is 0.0820. The van der Waals surface area contributed by atoms with Crippen LogP contribution < -0.4 is 4.74 Å². The molecule has 3 heteroatoms. The molecule has 2 nitrogen and oxygen atoms in total. The van der Waals surface area contributed by atoms with Gasteiger partial charge in [-0.2, -0.15) is 0 Å². The lowest BCUT2D eigenvalue weighted by Gasteiger charge is -2.48. The zero-order valence-corrected chi connectivity index (χ0v) is 14.9. The van der Waals surface area contributed by atoms with Crippen LogP contribution in [0.3, 0.4) is 0 Å². The third-order valence-corrected chi connectivity index (χ3v) is 7.42. The Hall–Kier alpha value is -0.830. The predicted octanol–water partition coefficient (Wildman–Crippen LogP) is 4.49. The molecule has 0 heterocycles. The van der Waals surface area contributed by atoms with Gasteiger partial charge >= 0.3 is 0 Å². The van der Waals surface area contributed by atoms with E-state index in [0.717, 1.165) is 31.4 Å². The van der Waals surface area contributed by atoms with Crippen molar-refractivity contribution in [3.05, 3.63) is 29.3 Å². The maximum atomic E-state index is 12.6. The van der Waals surface area contributed by atoms with Crippen LogP contribution in [0.25, 0.3) is 0 Å². The number of halogens is 1. The lowest BCUT2D eigenvalue weighted by molar-refractivity contribution is -0.128. The lowest BCUT2D eigenvalue weighted by Crippen LogP contribution is -2.42. The standard InChI is InChI=1S/C19H23BrO2/c1-19-8-7-14-13-6-4-12(22-2)9-11(13)3-5-15(14)16(19)10-17(20)18(19)21/h4,6,9,14-17H,3,5,7-8,10H2,1-2H3/t14-,15-,16+,17-,19+/m1/s1. The summed E-state index contributed by atoms with van der Waals surface area (Å²) < 4.78 is 5.38. The number of alkyl halides is 1. The maximum absolute atomic E-state index is 12.6. The lowest BCUT2D eigenvalue weighted by atomic mass is 9.55. The van der Waals surface area contributed by atoms with Crippen molar-refractivity contribution in [2.45, 2.75) is 49.8 Å². The smallest absolute Gasteiger partial charge is 0.152 e. The summed E-state index contributed by atoms with van der Waals surface area (Å²) in [5.41, 5.74) is 2.90. The van der Waals surface area contributed by atoms with Gasteiger partial charge in [0.1, 0.15) is 5.75 Å². The van der Waals surface area contributed by atoms with Crippen molar-refractivity contribution in [1.82, 2.24) is 0 Å². The van der Waals surface area contributed by atoms with Gasteiger partial charge in [-0.3, -0.25) is 4.79 Å². The Balaban J connectivity index is 1.70. The first kappa shape index (κ1) is 14.7. The Morgan fingerprint density at radius 3 is 2.91 bits per heavy atom. The highest BCUT2D eigenvalue weighted by atomic mass is 79.9. The Bertz CT molecular complexity index is 626. The van der Waals surface area contributed by atoms with Crippen LogP contribution in [-0.4, -0.2) is 17.7 Å². The Morgan fingerprint density at radius 2 is 2.14 bits per heavy atom. The number of hydrogen-bond acceptors (Lipinski definition) is 2. The van der Waals surface area contributed by atoms with E-state index in [1.807, 2.05) is 0 Å². The van der Waals surface area contributed by atoms with Crippen LogP contribution in [0.5, 0.6) is 5.75 Å². The molecule has 4 rings (SSSR count). The molecule has 3 aliphatic rings. The first-order valence-corrected chi connectivity index (χ1v) is 9.31. The molecule has 0 aliphatic heterocycles. The van der Waals surface area contributed by atoms with Crippen molar-refractivity contribution < 1.29 is 9.53 Å². The third-order valence-electron chi connectivity index (χ3n) is 6.63. The zero-order chi connectivity index (χ0) is 15.5. The van der Waals surface area contributed by atoms with Gasteiger partial charge in [0.2, 0.25) is 0 Å². The normalized spacial score (nSPS) is 39.9. The molecule has 0 N–H and O–H groups in total. The Kier molecular flexibility index (Phi) is 3.41. The van der Waals surface area contributed by atoms with Gasteiger partial charge in [0.25, 0.3) is 0 Å². The highest BCUT2D eigenvalue weighted by Gasteiger charge is 2.57. The summed E-state index contributed by atoms with van der Waals surface area (Å²) in [4.78, 5) is 12.7. The van der Waals surface area contributed by atoms with E-state index in [4.69, 9.17) is 4.74 Å². The van der Waals surface area contributed by atoms with Gasteiger partial charge < -0.3 is 4.74 Å². The summed E-state index contributed by atoms with van der Waals surface area (Å²) in [5.74, 6) is 3.29. The molecule has 1 aromatic rings. The van der Waals surface area contributed by atoms with Gasteiger partial charge in [-0.25, -0.2) is 0 Å². The van der Waals surface area contributed by atoms with Gasteiger partial charge in [0.05, 0.1) is 11.9 Å². The highest BCUT2D eigenvalue weighted by Crippen LogP contribution is 2.60. The first-order valence-electron chi connectivity index (χ1n) is 8.40. The first-order chi connectivity index (χ1) is 10.5. The van der Waals surface area contributed by atoms with Crippen LogP contribution in [0.2, 0.25) is 0 Å². The molecule has 5 atom stereocenters. The fourth-order valence-corrected chi connectivity index (χ4v) is 6.36. The quantitative estimate of drug-likeness (QED) is 0.687. The number of carbonyl (C=O) groups excluding carboxylic acids is 1. The van der Waals surface area contributed by atoms with Crippen molar-refractivity contribution in [2.24, 2.45) is 17.3 Å². The van der Waals surface area contributed by atoms with Gasteiger partial charge in [0.15, 0.2) is 5.78 Å². The molecule has 22 heavy (non-hydrogen) atoms. The van der Waals surface area contributed by atoms with E-state index in [2.05, 4.69) is 41.1 Å². The van der Waals surface area contributed by atoms with Crippen molar-refractivity contribution in [3.8, 4) is 5.75 Å². The molecule has 0 bridgehead atoms. The SMILES string of the molecule is COc1ccc2c(c1)CC[C@@H]1[C@@H]2CC[C@]2(C)C(=O)[C@H](Br)C[C@@H]12. The van der Waals surface area contributed by atoms with Crippen LogP contribution in [0.15, 0.2) is 18.2 Å². The molecule has 0 aromatic heterocycles. The van der Waals surface area contributed by atoms with Crippen LogP contribution in [0.1, 0.15) is 49.7 Å². The van der Waals surface area contributed by atoms with Crippen molar-refractivity contribution in [2.75, 3.05) is 7.11 Å². The fraction of sp³-hybridized carbons (Fsp3) is 0.632. The van der Waals surface area contributed by atoms with E-state index in [0.29, 0.717) is 23.5 Å². The fourth-order valence-electron chi connectivity index (χ4n) is 5.43. The second-order valence-corrected chi connectivity index (χ2v) is 8.61. The summed E-state index contributed by atoms with van der Waals surface area (Å²) in [6, 6.07) is 6.59. The molecule has 3 aliphatic carbocycles. The van der Waals surface area contributed by atoms with E-state index < -0.39 is 0 Å². The van der Waals surface area contributed by atoms with Gasteiger partial charge in [-0.1, -0.05) is 28.9 Å². The van der Waals surface area contributed by atoms with Crippen LogP contribution in [0.4, 0.5) is 0 Å². The average Bonchev–Trinajstić information content (AvgIpc) is 2.77. The van der Waals surface area contributed by atoms with Gasteiger partial charge in [-0.05, 0) is 73.1 Å². The van der Waals surface area contributed by atoms with Gasteiger partial charge in [0, 0.05) is 5.41 Å². The number of hydrogen-bond donors (Lipinski definition) is 0. The summed E-state index contributed by atoms with van der Waals surface area (Å²) in [6.07, 6.45) is 5.58. The number of rotatable bonds is 1. The van der Waals surface area contributed by atoms with E-state index in [1.54, 1.807) is 7.11 Å². The zero-order valence-electron chi connectivity index (χ0n) is 13.3. The number of fused-ring (bicyclic) bond motifs is 5. The predicted molar refractivity (Wildman–Crippen MR) is 90.7 cm³/mol. The van der Waals surface area contributed by atoms with E-state index >= 15 is 0 Å². The summed E-state index contributed by atoms with van der Waals surface area (Å²) in [5, 5.41) is 0. The van der Waals surface area contributed by atoms with E-state index in [9.17, 15) is 4.79 Å². The van der Waals surface area contributed by atoms with E-state index in [1.165, 1.54) is 17.5 Å². The molecule has 0 spiro atoms. The summed E-state index contributed by atoms with van der Waals surface area (Å²) in [6.45, 7) is 2.22. The van der Waals surface area contributed by atoms with Crippen LogP contribution >= 0.6 is 15.9 Å². The molecular weight excluding hydrogens is 340 g/mol. The largest absolute Gasteiger partial charge is 0.497 e. The second kappa shape index (κ2) is 5.09. The molecule has 0 amide bonds. The number of benzene rings is 1. The van der Waals surface area contributed by atoms with E-state index in [-0.39, 0.29) is 10.2 Å². The number of ketones is 1. The molecule has 1 aromatic carbocycles. The maximum Gasteiger partial charge on any atom is 0.152 e. The number of aryl methyl sites for hydroxylation is 1. The molecule has 0 saturated heterocycles. The minimum atomic E-state index is -0.0840. The molecule has 0 unspecified atom stereocenters. The topological polar surface area (TPSA) is 26.3 Å². The van der Waals surface area contributed by atoms with Crippen LogP contribution in [0, 0.1) is 17.3 Å². The van der Waals surface area contributed by atoms with Crippen molar-refractivity contribution >= 4 is 21.7 Å². The minimum Gasteiger partial charge on any atom is -0.497 e. The van der Waals surface area contributed by atoms with Crippen molar-refractivity contribution in [1.29, 1.82) is 0 Å². The van der Waals surface area contributed by atoms with Gasteiger partial charge in [-0.15, -0.1) is 0 Å². The molecular formula is C19H23BrO2. The Morgan fingerprint density at radius 1 is 1.32 bits per heavy atom. The highest BCUT2D eigenvalue weighted by molar-refractivity contribution is 9.10. The molecule has 118 valence electrons. The molecule has 0 radical (unpaired) electrons. The van der Waals surface area contributed by atoms with Crippen molar-refractivity contribution in [3.63, 3.8) is 0 Å². The molecule has 2 saturated carbocycles. The summed E-state index contributed by atoms with van der Waals surface area (Å²) >= 11 is 3.63. The average molecular weight is 363 g/mol. The second-order valence-electron chi connectivity index (χ2n) is 7.50. The monoisotopic (exact) mass is 362 g/mol. The third kappa shape index (κ3) is 1.94. The number of ether oxygens (including phenoxy) is 1. The number of methoxy groups -OCH3 is 1. The molecule has 2 fully saturated rings.